The maximum atomic E-state index is 11.8. The van der Waals surface area contributed by atoms with Crippen LogP contribution in [0.4, 0.5) is 0 Å². The first-order valence-corrected chi connectivity index (χ1v) is 11.8. The lowest BCUT2D eigenvalue weighted by Crippen LogP contribution is -2.28. The highest BCUT2D eigenvalue weighted by molar-refractivity contribution is 5.89. The number of aromatic amines is 2. The third kappa shape index (κ3) is 4.26. The van der Waals surface area contributed by atoms with Crippen LogP contribution < -0.4 is 22.5 Å². The fourth-order valence-corrected chi connectivity index (χ4v) is 4.37. The first kappa shape index (κ1) is 26.0. The summed E-state index contributed by atoms with van der Waals surface area (Å²) in [4.78, 5) is 88.3. The molecule has 0 spiro atoms. The fourth-order valence-electron chi connectivity index (χ4n) is 4.37. The van der Waals surface area contributed by atoms with Gasteiger partial charge in [0.1, 0.15) is 12.6 Å². The van der Waals surface area contributed by atoms with Gasteiger partial charge in [0.05, 0.1) is 22.1 Å². The molecule has 2 aromatic rings. The highest BCUT2D eigenvalue weighted by Crippen LogP contribution is 2.23. The molecule has 0 amide bonds. The molecule has 4 heterocycles. The van der Waals surface area contributed by atoms with Gasteiger partial charge in [0.25, 0.3) is 11.1 Å². The van der Waals surface area contributed by atoms with Crippen LogP contribution >= 0.6 is 0 Å². The van der Waals surface area contributed by atoms with Crippen LogP contribution in [-0.2, 0) is 14.1 Å². The van der Waals surface area contributed by atoms with Crippen LogP contribution in [0.1, 0.15) is 31.8 Å². The smallest absolute Gasteiger partial charge is 0.325 e. The van der Waals surface area contributed by atoms with Crippen molar-refractivity contribution in [1.29, 1.82) is 0 Å². The fraction of sp³-hybridized carbons (Fsp3) is 0.154. The summed E-state index contributed by atoms with van der Waals surface area (Å²) < 4.78 is 3.17. The van der Waals surface area contributed by atoms with Crippen molar-refractivity contribution in [3.05, 3.63) is 88.2 Å². The van der Waals surface area contributed by atoms with Crippen LogP contribution in [0.2, 0.25) is 0 Å². The summed E-state index contributed by atoms with van der Waals surface area (Å²) in [6.45, 7) is 3.58. The number of nitrogens with zero attached hydrogens (tertiary/aromatic N) is 6. The standard InChI is InChI=1S/2C13H10N4O3/c2*1-6-3-8-9(4-7(6)5-18)17(2)11-10(14-8)12(19)16-13(20)15-11/h2*3-5H,1-2H3,(H,16,19,20). The van der Waals surface area contributed by atoms with Gasteiger partial charge in [-0.3, -0.25) is 29.1 Å². The zero-order chi connectivity index (χ0) is 28.9. The molecule has 0 aliphatic carbocycles. The quantitative estimate of drug-likeness (QED) is 0.230. The number of nitrogens with one attached hydrogen (secondary N) is 2. The average Bonchev–Trinajstić information content (AvgIpc) is 2.90. The third-order valence-corrected chi connectivity index (χ3v) is 6.51. The van der Waals surface area contributed by atoms with Gasteiger partial charge in [-0.15, -0.1) is 0 Å². The SMILES string of the molecule is Cc1cc2nc3c(=O)[nH]c(=O)nc-3n(C)c2cc1C=O.Cc1cc2nc3c(=O)[nH]c(=O)nc-3n(C)c2cc1C=O. The Hall–Kier alpha value is -5.66. The molecule has 14 heteroatoms. The van der Waals surface area contributed by atoms with Gasteiger partial charge in [-0.2, -0.15) is 9.97 Å². The number of aryl methyl sites for hydroxylation is 4. The summed E-state index contributed by atoms with van der Waals surface area (Å²) >= 11 is 0. The molecule has 40 heavy (non-hydrogen) atoms. The minimum absolute atomic E-state index is 0.0952. The van der Waals surface area contributed by atoms with Gasteiger partial charge in [0, 0.05) is 25.2 Å². The van der Waals surface area contributed by atoms with E-state index in [9.17, 15) is 28.8 Å². The second kappa shape index (κ2) is 9.58. The third-order valence-electron chi connectivity index (χ3n) is 6.51. The summed E-state index contributed by atoms with van der Waals surface area (Å²) in [5.41, 5.74) is 2.58. The first-order valence-electron chi connectivity index (χ1n) is 11.8. The highest BCUT2D eigenvalue weighted by Gasteiger charge is 2.18. The summed E-state index contributed by atoms with van der Waals surface area (Å²) in [5.74, 6) is 0.374. The van der Waals surface area contributed by atoms with E-state index in [0.29, 0.717) is 33.2 Å². The van der Waals surface area contributed by atoms with Crippen molar-refractivity contribution < 1.29 is 9.59 Å². The average molecular weight is 540 g/mol. The van der Waals surface area contributed by atoms with Gasteiger partial charge >= 0.3 is 11.4 Å². The number of hydrogen-bond donors (Lipinski definition) is 2. The lowest BCUT2D eigenvalue weighted by molar-refractivity contribution is 0.111. The normalized spacial score (nSPS) is 11.1. The van der Waals surface area contributed by atoms with Gasteiger partial charge in [-0.05, 0) is 49.2 Å². The van der Waals surface area contributed by atoms with E-state index in [2.05, 4.69) is 29.9 Å². The summed E-state index contributed by atoms with van der Waals surface area (Å²) in [6.07, 6.45) is 1.51. The summed E-state index contributed by atoms with van der Waals surface area (Å²) in [7, 11) is 3.34. The van der Waals surface area contributed by atoms with Crippen LogP contribution in [0.5, 0.6) is 0 Å². The van der Waals surface area contributed by atoms with E-state index in [4.69, 9.17) is 0 Å². The second-order valence-electron chi connectivity index (χ2n) is 9.06. The van der Waals surface area contributed by atoms with E-state index in [1.54, 1.807) is 61.3 Å². The molecule has 4 aliphatic heterocycles. The maximum absolute atomic E-state index is 11.8. The Bertz CT molecular complexity index is 2030. The number of benzene rings is 2. The minimum atomic E-state index is -0.720. The monoisotopic (exact) mass is 540 g/mol. The van der Waals surface area contributed by atoms with Gasteiger partial charge in [0.2, 0.25) is 0 Å². The number of H-pyrrole nitrogens is 2. The van der Waals surface area contributed by atoms with Crippen LogP contribution in [0, 0.1) is 13.8 Å². The summed E-state index contributed by atoms with van der Waals surface area (Å²) in [5, 5.41) is 0. The Morgan fingerprint density at radius 2 is 1.00 bits per heavy atom. The van der Waals surface area contributed by atoms with Crippen LogP contribution in [0.15, 0.2) is 43.4 Å². The van der Waals surface area contributed by atoms with Crippen molar-refractivity contribution >= 4 is 34.6 Å². The van der Waals surface area contributed by atoms with E-state index < -0.39 is 22.5 Å². The molecule has 0 fully saturated rings. The molecule has 0 unspecified atom stereocenters. The van der Waals surface area contributed by atoms with Crippen molar-refractivity contribution in [3.63, 3.8) is 0 Å². The van der Waals surface area contributed by atoms with E-state index in [-0.39, 0.29) is 23.0 Å². The first-order chi connectivity index (χ1) is 19.0. The zero-order valence-electron chi connectivity index (χ0n) is 21.6. The molecule has 2 aromatic carbocycles. The molecule has 0 saturated heterocycles. The molecule has 0 bridgehead atoms. The van der Waals surface area contributed by atoms with Crippen molar-refractivity contribution in [2.24, 2.45) is 14.1 Å². The summed E-state index contributed by atoms with van der Waals surface area (Å²) in [6, 6.07) is 6.78. The second-order valence-corrected chi connectivity index (χ2v) is 9.06. The van der Waals surface area contributed by atoms with Crippen molar-refractivity contribution in [2.75, 3.05) is 0 Å². The Morgan fingerprint density at radius 1 is 0.625 bits per heavy atom. The van der Waals surface area contributed by atoms with Gasteiger partial charge in [-0.25, -0.2) is 19.6 Å². The molecule has 200 valence electrons. The number of carbonyl (C=O) groups excluding carboxylic acids is 2. The molecular weight excluding hydrogens is 520 g/mol. The Balaban J connectivity index is 0.000000161. The van der Waals surface area contributed by atoms with Gasteiger partial charge in [-0.1, -0.05) is 0 Å². The Kier molecular flexibility index (Phi) is 6.22. The lowest BCUT2D eigenvalue weighted by Gasteiger charge is -2.13. The lowest BCUT2D eigenvalue weighted by atomic mass is 10.1. The highest BCUT2D eigenvalue weighted by atomic mass is 16.2. The molecule has 0 saturated carbocycles. The number of aromatic nitrogens is 8. The van der Waals surface area contributed by atoms with Crippen LogP contribution in [-0.4, -0.2) is 51.6 Å². The number of aldehydes is 2. The van der Waals surface area contributed by atoms with E-state index in [0.717, 1.165) is 23.7 Å². The van der Waals surface area contributed by atoms with E-state index >= 15 is 0 Å². The number of hydrogen-bond acceptors (Lipinski definition) is 10. The van der Waals surface area contributed by atoms with E-state index in [1.807, 2.05) is 0 Å². The van der Waals surface area contributed by atoms with Crippen molar-refractivity contribution in [1.82, 2.24) is 39.0 Å². The van der Waals surface area contributed by atoms with Crippen molar-refractivity contribution in [2.45, 2.75) is 13.8 Å². The minimum Gasteiger partial charge on any atom is -0.325 e. The largest absolute Gasteiger partial charge is 0.349 e. The van der Waals surface area contributed by atoms with Gasteiger partial charge in [0.15, 0.2) is 23.0 Å². The van der Waals surface area contributed by atoms with Crippen LogP contribution in [0.25, 0.3) is 45.1 Å². The molecular formula is C26H20N8O6. The molecule has 4 aliphatic rings. The predicted molar refractivity (Wildman–Crippen MR) is 144 cm³/mol. The van der Waals surface area contributed by atoms with Crippen molar-refractivity contribution in [3.8, 4) is 23.0 Å². The number of fused-ring (bicyclic) bond motifs is 4. The van der Waals surface area contributed by atoms with Gasteiger partial charge < -0.3 is 9.13 Å². The molecule has 0 radical (unpaired) electrons. The maximum Gasteiger partial charge on any atom is 0.349 e. The number of rotatable bonds is 2. The van der Waals surface area contributed by atoms with E-state index in [1.165, 1.54) is 0 Å². The topological polar surface area (TPSA) is 195 Å². The zero-order valence-corrected chi connectivity index (χ0v) is 21.6. The Morgan fingerprint density at radius 3 is 1.35 bits per heavy atom. The molecule has 0 atom stereocenters. The molecule has 14 nitrogen and oxygen atoms in total. The molecule has 6 rings (SSSR count). The Labute approximate surface area is 222 Å². The molecule has 0 aromatic heterocycles. The van der Waals surface area contributed by atoms with Crippen LogP contribution in [0.3, 0.4) is 0 Å². The predicted octanol–water partition coefficient (Wildman–Crippen LogP) is 0.485. The number of carbonyl (C=O) groups is 2. The molecule has 2 N–H and O–H groups in total.